The van der Waals surface area contributed by atoms with E-state index in [1.54, 1.807) is 12.3 Å². The Kier molecular flexibility index (Phi) is 6.85. The van der Waals surface area contributed by atoms with Crippen molar-refractivity contribution in [1.29, 1.82) is 5.41 Å². The van der Waals surface area contributed by atoms with E-state index in [-0.39, 0.29) is 17.9 Å². The molecule has 3 rings (SSSR count). The number of ether oxygens (including phenoxy) is 2. The van der Waals surface area contributed by atoms with Gasteiger partial charge in [-0.25, -0.2) is 4.98 Å². The first-order chi connectivity index (χ1) is 13.5. The molecule has 2 aliphatic rings. The zero-order valence-corrected chi connectivity index (χ0v) is 16.8. The topological polar surface area (TPSA) is 105 Å². The molecule has 0 saturated carbocycles. The van der Waals surface area contributed by atoms with Crippen LogP contribution in [0.2, 0.25) is 0 Å². The number of nitrogens with one attached hydrogen (secondary N) is 1. The predicted octanol–water partition coefficient (Wildman–Crippen LogP) is 1.39. The molecule has 2 aliphatic heterocycles. The summed E-state index contributed by atoms with van der Waals surface area (Å²) in [7, 11) is 2.06. The monoisotopic (exact) mass is 389 g/mol. The van der Waals surface area contributed by atoms with E-state index >= 15 is 0 Å². The number of carbonyl (C=O) groups is 1. The van der Waals surface area contributed by atoms with Crippen LogP contribution in [-0.4, -0.2) is 78.9 Å². The molecule has 0 aromatic carbocycles. The molecule has 3 heterocycles. The van der Waals surface area contributed by atoms with Gasteiger partial charge in [-0.15, -0.1) is 0 Å². The minimum atomic E-state index is -0.286. The molecule has 3 N–H and O–H groups in total. The van der Waals surface area contributed by atoms with Gasteiger partial charge in [-0.3, -0.25) is 4.79 Å². The van der Waals surface area contributed by atoms with Crippen molar-refractivity contribution in [2.24, 2.45) is 5.92 Å². The highest BCUT2D eigenvalue weighted by Gasteiger charge is 2.27. The lowest BCUT2D eigenvalue weighted by molar-refractivity contribution is -0.136. The third-order valence-electron chi connectivity index (χ3n) is 5.44. The average molecular weight is 390 g/mol. The van der Waals surface area contributed by atoms with E-state index in [9.17, 15) is 4.79 Å². The maximum atomic E-state index is 12.8. The maximum absolute atomic E-state index is 12.8. The molecule has 8 heteroatoms. The summed E-state index contributed by atoms with van der Waals surface area (Å²) in [5, 5.41) is 8.59. The zero-order chi connectivity index (χ0) is 20.1. The van der Waals surface area contributed by atoms with Crippen LogP contribution in [0, 0.1) is 11.3 Å². The SMILES string of the molecule is CC(CC(=N)c1c(N)ccnc1OC1CCOCC1)C(=O)N1CCN(C)CC1. The van der Waals surface area contributed by atoms with Gasteiger partial charge in [0.05, 0.1) is 18.8 Å². The highest BCUT2D eigenvalue weighted by atomic mass is 16.5. The van der Waals surface area contributed by atoms with Crippen molar-refractivity contribution in [2.45, 2.75) is 32.3 Å². The van der Waals surface area contributed by atoms with Gasteiger partial charge in [0, 0.05) is 69.0 Å². The summed E-state index contributed by atoms with van der Waals surface area (Å²) in [6.45, 7) is 6.44. The van der Waals surface area contributed by atoms with E-state index in [1.165, 1.54) is 0 Å². The lowest BCUT2D eigenvalue weighted by Crippen LogP contribution is -2.48. The molecule has 0 bridgehead atoms. The lowest BCUT2D eigenvalue weighted by atomic mass is 9.97. The van der Waals surface area contributed by atoms with Crippen LogP contribution in [-0.2, 0) is 9.53 Å². The molecule has 2 saturated heterocycles. The summed E-state index contributed by atoms with van der Waals surface area (Å²) in [4.78, 5) is 21.2. The van der Waals surface area contributed by atoms with Gasteiger partial charge < -0.3 is 30.4 Å². The standard InChI is InChI=1S/C20H31N5O3/c1-14(20(26)25-9-7-24(2)8-10-25)13-17(22)18-16(21)3-6-23-19(18)28-15-4-11-27-12-5-15/h3,6,14-15,22H,4-5,7-13H2,1-2H3,(H2,21,23). The molecule has 2 fully saturated rings. The van der Waals surface area contributed by atoms with Crippen LogP contribution in [0.15, 0.2) is 12.3 Å². The molecule has 154 valence electrons. The number of nitrogens with two attached hydrogens (primary N) is 1. The normalized spacial score (nSPS) is 20.0. The smallest absolute Gasteiger partial charge is 0.225 e. The van der Waals surface area contributed by atoms with Crippen molar-refractivity contribution in [3.05, 3.63) is 17.8 Å². The largest absolute Gasteiger partial charge is 0.474 e. The van der Waals surface area contributed by atoms with Gasteiger partial charge in [0.15, 0.2) is 0 Å². The number of carbonyl (C=O) groups excluding carboxylic acids is 1. The van der Waals surface area contributed by atoms with Crippen molar-refractivity contribution in [2.75, 3.05) is 52.2 Å². The van der Waals surface area contributed by atoms with Gasteiger partial charge in [0.25, 0.3) is 0 Å². The van der Waals surface area contributed by atoms with E-state index in [2.05, 4.69) is 16.9 Å². The maximum Gasteiger partial charge on any atom is 0.225 e. The van der Waals surface area contributed by atoms with E-state index in [1.807, 2.05) is 11.8 Å². The zero-order valence-electron chi connectivity index (χ0n) is 16.8. The van der Waals surface area contributed by atoms with Crippen LogP contribution in [0.5, 0.6) is 5.88 Å². The van der Waals surface area contributed by atoms with Gasteiger partial charge in [0.1, 0.15) is 6.10 Å². The second-order valence-electron chi connectivity index (χ2n) is 7.72. The predicted molar refractivity (Wildman–Crippen MR) is 108 cm³/mol. The van der Waals surface area contributed by atoms with Crippen molar-refractivity contribution in [1.82, 2.24) is 14.8 Å². The molecule has 1 amide bonds. The Morgan fingerprint density at radius 3 is 2.71 bits per heavy atom. The highest BCUT2D eigenvalue weighted by Crippen LogP contribution is 2.27. The number of anilines is 1. The fourth-order valence-corrected chi connectivity index (χ4v) is 3.64. The minimum Gasteiger partial charge on any atom is -0.474 e. The van der Waals surface area contributed by atoms with Gasteiger partial charge >= 0.3 is 0 Å². The summed E-state index contributed by atoms with van der Waals surface area (Å²) in [5.41, 5.74) is 7.41. The van der Waals surface area contributed by atoms with Crippen LogP contribution in [0.4, 0.5) is 5.69 Å². The molecule has 0 radical (unpaired) electrons. The molecule has 1 unspecified atom stereocenters. The second-order valence-corrected chi connectivity index (χ2v) is 7.72. The van der Waals surface area contributed by atoms with Crippen LogP contribution < -0.4 is 10.5 Å². The van der Waals surface area contributed by atoms with E-state index in [0.29, 0.717) is 42.5 Å². The first-order valence-electron chi connectivity index (χ1n) is 9.99. The van der Waals surface area contributed by atoms with Gasteiger partial charge in [-0.2, -0.15) is 0 Å². The number of nitrogens with zero attached hydrogens (tertiary/aromatic N) is 3. The number of hydrogen-bond acceptors (Lipinski definition) is 7. The summed E-state index contributed by atoms with van der Waals surface area (Å²) >= 11 is 0. The Morgan fingerprint density at radius 1 is 1.36 bits per heavy atom. The Labute approximate surface area is 166 Å². The first kappa shape index (κ1) is 20.5. The van der Waals surface area contributed by atoms with E-state index < -0.39 is 0 Å². The van der Waals surface area contributed by atoms with Crippen molar-refractivity contribution in [3.8, 4) is 5.88 Å². The van der Waals surface area contributed by atoms with Crippen LogP contribution >= 0.6 is 0 Å². The molecule has 1 aromatic rings. The Morgan fingerprint density at radius 2 is 2.04 bits per heavy atom. The molecular weight excluding hydrogens is 358 g/mol. The summed E-state index contributed by atoms with van der Waals surface area (Å²) in [6.07, 6.45) is 3.51. The quantitative estimate of drug-likeness (QED) is 0.713. The number of likely N-dealkylation sites (N-methyl/N-ethyl adjacent to an activating group) is 1. The van der Waals surface area contributed by atoms with Gasteiger partial charge in [-0.1, -0.05) is 6.92 Å². The second kappa shape index (κ2) is 9.34. The minimum absolute atomic E-state index is 0.0130. The highest BCUT2D eigenvalue weighted by molar-refractivity contribution is 6.06. The molecule has 1 atom stereocenters. The lowest BCUT2D eigenvalue weighted by Gasteiger charge is -2.34. The molecule has 0 spiro atoms. The number of aromatic nitrogens is 1. The Hall–Kier alpha value is -2.19. The van der Waals surface area contributed by atoms with Crippen LogP contribution in [0.1, 0.15) is 31.7 Å². The molecule has 1 aromatic heterocycles. The number of piperazine rings is 1. The number of pyridine rings is 1. The summed E-state index contributed by atoms with van der Waals surface area (Å²) in [5.74, 6) is 0.190. The molecule has 28 heavy (non-hydrogen) atoms. The van der Waals surface area contributed by atoms with Crippen LogP contribution in [0.3, 0.4) is 0 Å². The number of amides is 1. The number of hydrogen-bond donors (Lipinski definition) is 2. The fourth-order valence-electron chi connectivity index (χ4n) is 3.64. The average Bonchev–Trinajstić information content (AvgIpc) is 2.68. The fraction of sp³-hybridized carbons (Fsp3) is 0.650. The molecule has 8 nitrogen and oxygen atoms in total. The number of rotatable bonds is 6. The van der Waals surface area contributed by atoms with E-state index in [4.69, 9.17) is 20.6 Å². The third kappa shape index (κ3) is 4.99. The summed E-state index contributed by atoms with van der Waals surface area (Å²) in [6, 6.07) is 1.67. The van der Waals surface area contributed by atoms with Crippen molar-refractivity contribution in [3.63, 3.8) is 0 Å². The van der Waals surface area contributed by atoms with Crippen molar-refractivity contribution < 1.29 is 14.3 Å². The molecular formula is C20H31N5O3. The number of nitrogen functional groups attached to an aromatic ring is 1. The Balaban J connectivity index is 1.66. The Bertz CT molecular complexity index is 697. The van der Waals surface area contributed by atoms with Gasteiger partial charge in [0.2, 0.25) is 11.8 Å². The van der Waals surface area contributed by atoms with Gasteiger partial charge in [-0.05, 0) is 13.1 Å². The van der Waals surface area contributed by atoms with Crippen molar-refractivity contribution >= 4 is 17.3 Å². The molecule has 0 aliphatic carbocycles. The third-order valence-corrected chi connectivity index (χ3v) is 5.44. The first-order valence-corrected chi connectivity index (χ1v) is 9.99. The van der Waals surface area contributed by atoms with Crippen LogP contribution in [0.25, 0.3) is 0 Å². The van der Waals surface area contributed by atoms with E-state index in [0.717, 1.165) is 39.0 Å². The summed E-state index contributed by atoms with van der Waals surface area (Å²) < 4.78 is 11.4.